The number of hydrogen-bond acceptors (Lipinski definition) is 7. The summed E-state index contributed by atoms with van der Waals surface area (Å²) in [4.78, 5) is 14.7. The molecule has 2 saturated carbocycles. The molecule has 0 aliphatic heterocycles. The molecule has 34 heavy (non-hydrogen) atoms. The number of nitrogens with two attached hydrogens (primary N) is 1. The SMILES string of the molecule is Cn1cnc2ncc(-c3cc(-c4ccnn4C4CC4)c4c(N)c([S+]([O-])C5CCC5)sc4n3)cc21. The number of hydrogen-bond donors (Lipinski definition) is 1. The Morgan fingerprint density at radius 1 is 1.18 bits per heavy atom. The van der Waals surface area contributed by atoms with E-state index in [9.17, 15) is 4.55 Å². The van der Waals surface area contributed by atoms with E-state index >= 15 is 0 Å². The van der Waals surface area contributed by atoms with Gasteiger partial charge in [-0.1, -0.05) is 11.3 Å². The van der Waals surface area contributed by atoms with Crippen LogP contribution in [0.15, 0.2) is 41.1 Å². The van der Waals surface area contributed by atoms with Crippen LogP contribution in [0.3, 0.4) is 0 Å². The zero-order chi connectivity index (χ0) is 23.0. The highest BCUT2D eigenvalue weighted by atomic mass is 32.2. The molecule has 2 fully saturated rings. The first-order chi connectivity index (χ1) is 16.6. The van der Waals surface area contributed by atoms with E-state index in [4.69, 9.17) is 10.7 Å². The molecule has 0 amide bonds. The molecule has 5 aromatic heterocycles. The standard InChI is InChI=1S/C24H23N7OS2/c1-30-12-27-22-19(30)9-13(11-26-22)17-10-16(18-7-8-28-31(18)14-5-6-14)20-21(25)24(33-23(20)29-17)34(32)15-3-2-4-15/h7-12,14-15H,2-6,25H2,1H3. The van der Waals surface area contributed by atoms with Crippen molar-refractivity contribution < 1.29 is 4.55 Å². The van der Waals surface area contributed by atoms with Crippen LogP contribution in [0.4, 0.5) is 5.69 Å². The highest BCUT2D eigenvalue weighted by molar-refractivity contribution is 7.94. The van der Waals surface area contributed by atoms with Gasteiger partial charge in [0.05, 0.1) is 29.3 Å². The van der Waals surface area contributed by atoms with E-state index in [0.29, 0.717) is 17.4 Å². The maximum atomic E-state index is 13.3. The fraction of sp³-hybridized carbons (Fsp3) is 0.333. The molecule has 8 nitrogen and oxygen atoms in total. The molecule has 5 aromatic rings. The lowest BCUT2D eigenvalue weighted by molar-refractivity contribution is 0.478. The molecule has 0 bridgehead atoms. The van der Waals surface area contributed by atoms with Crippen molar-refractivity contribution in [2.45, 2.75) is 47.6 Å². The van der Waals surface area contributed by atoms with E-state index in [1.807, 2.05) is 30.1 Å². The minimum atomic E-state index is -1.10. The second kappa shape index (κ2) is 7.53. The van der Waals surface area contributed by atoms with Gasteiger partial charge in [-0.15, -0.1) is 0 Å². The van der Waals surface area contributed by atoms with Gasteiger partial charge in [-0.3, -0.25) is 4.68 Å². The highest BCUT2D eigenvalue weighted by Crippen LogP contribution is 2.47. The van der Waals surface area contributed by atoms with Crippen molar-refractivity contribution in [2.75, 3.05) is 5.73 Å². The van der Waals surface area contributed by atoms with E-state index in [1.54, 1.807) is 6.33 Å². The summed E-state index contributed by atoms with van der Waals surface area (Å²) in [5.74, 6) is 0. The molecule has 0 saturated heterocycles. The molecule has 172 valence electrons. The number of pyridine rings is 2. The molecule has 2 N–H and O–H groups in total. The zero-order valence-corrected chi connectivity index (χ0v) is 20.3. The van der Waals surface area contributed by atoms with Gasteiger partial charge in [-0.05, 0) is 50.3 Å². The van der Waals surface area contributed by atoms with E-state index in [-0.39, 0.29) is 5.25 Å². The zero-order valence-electron chi connectivity index (χ0n) is 18.6. The van der Waals surface area contributed by atoms with Crippen LogP contribution in [0, 0.1) is 0 Å². The number of imidazole rings is 1. The van der Waals surface area contributed by atoms with Gasteiger partial charge in [0, 0.05) is 47.1 Å². The average molecular weight is 490 g/mol. The Labute approximate surface area is 203 Å². The van der Waals surface area contributed by atoms with Crippen molar-refractivity contribution in [3.8, 4) is 22.5 Å². The van der Waals surface area contributed by atoms with Crippen LogP contribution in [0.2, 0.25) is 0 Å². The van der Waals surface area contributed by atoms with Gasteiger partial charge < -0.3 is 14.9 Å². The van der Waals surface area contributed by atoms with Crippen LogP contribution in [-0.2, 0) is 18.2 Å². The van der Waals surface area contributed by atoms with Crippen molar-refractivity contribution >= 4 is 49.6 Å². The second-order valence-corrected chi connectivity index (χ2v) is 12.1. The molecule has 2 aliphatic carbocycles. The van der Waals surface area contributed by atoms with Crippen LogP contribution < -0.4 is 5.73 Å². The minimum absolute atomic E-state index is 0.201. The maximum Gasteiger partial charge on any atom is 0.232 e. The summed E-state index contributed by atoms with van der Waals surface area (Å²) in [5, 5.41) is 5.69. The summed E-state index contributed by atoms with van der Waals surface area (Å²) < 4.78 is 18.1. The van der Waals surface area contributed by atoms with Gasteiger partial charge in [-0.25, -0.2) is 15.0 Å². The normalized spacial score (nSPS) is 17.5. The first kappa shape index (κ1) is 20.4. The Kier molecular flexibility index (Phi) is 4.52. The summed E-state index contributed by atoms with van der Waals surface area (Å²) in [5.41, 5.74) is 12.7. The smallest absolute Gasteiger partial charge is 0.232 e. The Balaban J connectivity index is 1.46. The van der Waals surface area contributed by atoms with Gasteiger partial charge in [0.1, 0.15) is 15.8 Å². The van der Waals surface area contributed by atoms with Gasteiger partial charge in [0.2, 0.25) is 4.21 Å². The third kappa shape index (κ3) is 3.09. The molecular weight excluding hydrogens is 466 g/mol. The molecule has 2 aliphatic rings. The monoisotopic (exact) mass is 489 g/mol. The summed E-state index contributed by atoms with van der Waals surface area (Å²) in [6.45, 7) is 0. The maximum absolute atomic E-state index is 13.3. The summed E-state index contributed by atoms with van der Waals surface area (Å²) >= 11 is 0.362. The molecule has 10 heteroatoms. The molecule has 0 radical (unpaired) electrons. The number of aryl methyl sites for hydroxylation is 1. The predicted octanol–water partition coefficient (Wildman–Crippen LogP) is 4.69. The van der Waals surface area contributed by atoms with Crippen LogP contribution in [-0.4, -0.2) is 39.1 Å². The lowest BCUT2D eigenvalue weighted by Crippen LogP contribution is -2.28. The third-order valence-electron chi connectivity index (χ3n) is 6.92. The Bertz CT molecular complexity index is 1560. The Hall–Kier alpha value is -2.95. The Morgan fingerprint density at radius 2 is 2.03 bits per heavy atom. The number of fused-ring (bicyclic) bond motifs is 2. The molecule has 1 atom stereocenters. The van der Waals surface area contributed by atoms with Crippen molar-refractivity contribution in [3.05, 3.63) is 36.9 Å². The van der Waals surface area contributed by atoms with E-state index in [0.717, 1.165) is 74.6 Å². The number of thiophene rings is 1. The van der Waals surface area contributed by atoms with Gasteiger partial charge in [-0.2, -0.15) is 5.10 Å². The third-order valence-corrected chi connectivity index (χ3v) is 10.2. The molecule has 1 unspecified atom stereocenters. The summed E-state index contributed by atoms with van der Waals surface area (Å²) in [6.07, 6.45) is 10.8. The van der Waals surface area contributed by atoms with Crippen LogP contribution in [0.5, 0.6) is 0 Å². The number of rotatable bonds is 5. The summed E-state index contributed by atoms with van der Waals surface area (Å²) in [7, 11) is 1.96. The molecule has 5 heterocycles. The lowest BCUT2D eigenvalue weighted by Gasteiger charge is -2.27. The van der Waals surface area contributed by atoms with E-state index < -0.39 is 11.2 Å². The lowest BCUT2D eigenvalue weighted by atomic mass is 10.00. The predicted molar refractivity (Wildman–Crippen MR) is 135 cm³/mol. The van der Waals surface area contributed by atoms with Gasteiger partial charge >= 0.3 is 0 Å². The first-order valence-electron chi connectivity index (χ1n) is 11.5. The quantitative estimate of drug-likeness (QED) is 0.359. The minimum Gasteiger partial charge on any atom is -0.611 e. The van der Waals surface area contributed by atoms with Crippen LogP contribution in [0.1, 0.15) is 38.1 Å². The number of nitrogen functional groups attached to an aromatic ring is 1. The topological polar surface area (TPSA) is 110 Å². The van der Waals surface area contributed by atoms with Crippen molar-refractivity contribution in [3.63, 3.8) is 0 Å². The number of anilines is 1. The molecule has 0 aromatic carbocycles. The van der Waals surface area contributed by atoms with Gasteiger partial charge in [0.25, 0.3) is 0 Å². The number of nitrogens with zero attached hydrogens (tertiary/aromatic N) is 6. The summed E-state index contributed by atoms with van der Waals surface area (Å²) in [6, 6.07) is 6.61. The van der Waals surface area contributed by atoms with Crippen molar-refractivity contribution in [1.29, 1.82) is 0 Å². The molecule has 7 rings (SSSR count). The average Bonchev–Trinajstić information content (AvgIpc) is 3.26. The van der Waals surface area contributed by atoms with Crippen LogP contribution in [0.25, 0.3) is 43.9 Å². The molecular formula is C24H23N7OS2. The van der Waals surface area contributed by atoms with E-state index in [2.05, 4.69) is 31.9 Å². The fourth-order valence-corrected chi connectivity index (χ4v) is 7.83. The fourth-order valence-electron chi connectivity index (χ4n) is 4.62. The first-order valence-corrected chi connectivity index (χ1v) is 13.6. The van der Waals surface area contributed by atoms with E-state index in [1.165, 1.54) is 11.3 Å². The van der Waals surface area contributed by atoms with Crippen molar-refractivity contribution in [1.82, 2.24) is 29.3 Å². The Morgan fingerprint density at radius 3 is 2.79 bits per heavy atom. The molecule has 0 spiro atoms. The van der Waals surface area contributed by atoms with Gasteiger partial charge in [0.15, 0.2) is 5.65 Å². The van der Waals surface area contributed by atoms with Crippen LogP contribution >= 0.6 is 11.3 Å². The number of aromatic nitrogens is 6. The second-order valence-electron chi connectivity index (χ2n) is 9.20. The highest BCUT2D eigenvalue weighted by Gasteiger charge is 2.36. The largest absolute Gasteiger partial charge is 0.611 e. The van der Waals surface area contributed by atoms with Crippen molar-refractivity contribution in [2.24, 2.45) is 7.05 Å².